The summed E-state index contributed by atoms with van der Waals surface area (Å²) in [6, 6.07) is 0.0273. The average Bonchev–Trinajstić information content (AvgIpc) is 2.24. The molecule has 0 atom stereocenters. The van der Waals surface area contributed by atoms with Gasteiger partial charge in [-0.25, -0.2) is 13.8 Å². The molecule has 0 bridgehead atoms. The summed E-state index contributed by atoms with van der Waals surface area (Å²) in [5.41, 5.74) is -6.04. The molecule has 9 heteroatoms. The summed E-state index contributed by atoms with van der Waals surface area (Å²) < 4.78 is 98.7. The molecule has 0 aliphatic carbocycles. The molecule has 0 aliphatic heterocycles. The molecule has 1 heterocycles. The molecule has 0 radical (unpaired) electrons. The van der Waals surface area contributed by atoms with Crippen LogP contribution in [0, 0.1) is 0 Å². The Balaban J connectivity index is 3.41. The van der Waals surface area contributed by atoms with Gasteiger partial charge in [-0.1, -0.05) is 6.58 Å². The number of rotatable bonds is 2. The Bertz CT molecular complexity index is 485. The van der Waals surface area contributed by atoms with Crippen molar-refractivity contribution in [1.82, 2.24) is 4.98 Å². The predicted octanol–water partition coefficient (Wildman–Crippen LogP) is 4.61. The van der Waals surface area contributed by atoms with E-state index in [1.165, 1.54) is 0 Å². The Kier molecular flexibility index (Phi) is 3.87. The Morgan fingerprint density at radius 3 is 1.95 bits per heavy atom. The van der Waals surface area contributed by atoms with Gasteiger partial charge in [-0.05, 0) is 12.1 Å². The fourth-order valence-corrected chi connectivity index (χ4v) is 1.13. The topological polar surface area (TPSA) is 12.9 Å². The van der Waals surface area contributed by atoms with E-state index in [0.29, 0.717) is 0 Å². The van der Waals surface area contributed by atoms with Gasteiger partial charge >= 0.3 is 12.4 Å². The van der Waals surface area contributed by atoms with Crippen molar-refractivity contribution in [2.45, 2.75) is 18.8 Å². The number of halogens is 8. The molecular formula is C10H5F8N. The van der Waals surface area contributed by atoms with Gasteiger partial charge in [0.25, 0.3) is 6.43 Å². The number of alkyl halides is 8. The third-order valence-corrected chi connectivity index (χ3v) is 2.05. The van der Waals surface area contributed by atoms with Crippen LogP contribution in [0.1, 0.15) is 23.4 Å². The van der Waals surface area contributed by atoms with Gasteiger partial charge in [0.2, 0.25) is 0 Å². The number of aromatic nitrogens is 1. The van der Waals surface area contributed by atoms with Crippen LogP contribution in [-0.4, -0.2) is 11.2 Å². The van der Waals surface area contributed by atoms with Crippen LogP contribution in [0.3, 0.4) is 0 Å². The largest absolute Gasteiger partial charge is 0.417 e. The molecule has 0 amide bonds. The monoisotopic (exact) mass is 291 g/mol. The van der Waals surface area contributed by atoms with Gasteiger partial charge in [0.15, 0.2) is 0 Å². The molecule has 1 rings (SSSR count). The average molecular weight is 291 g/mol. The van der Waals surface area contributed by atoms with Crippen molar-refractivity contribution in [3.63, 3.8) is 0 Å². The first kappa shape index (κ1) is 15.4. The highest BCUT2D eigenvalue weighted by Gasteiger charge is 2.37. The Labute approximate surface area is 101 Å². The lowest BCUT2D eigenvalue weighted by molar-refractivity contribution is -0.137. The second-order valence-corrected chi connectivity index (χ2v) is 3.44. The zero-order valence-corrected chi connectivity index (χ0v) is 8.91. The van der Waals surface area contributed by atoms with Gasteiger partial charge in [-0.2, -0.15) is 26.3 Å². The number of hydrogen-bond donors (Lipinski definition) is 0. The first-order valence-corrected chi connectivity index (χ1v) is 4.56. The molecule has 0 saturated carbocycles. The van der Waals surface area contributed by atoms with Gasteiger partial charge in [0.05, 0.1) is 16.8 Å². The van der Waals surface area contributed by atoms with Crippen LogP contribution >= 0.6 is 0 Å². The maximum absolute atomic E-state index is 12.4. The van der Waals surface area contributed by atoms with Crippen molar-refractivity contribution in [3.05, 3.63) is 35.7 Å². The van der Waals surface area contributed by atoms with Crippen LogP contribution in [0.25, 0.3) is 5.57 Å². The zero-order chi connectivity index (χ0) is 15.0. The molecule has 1 nitrogen and oxygen atoms in total. The van der Waals surface area contributed by atoms with E-state index in [1.54, 1.807) is 0 Å². The number of allylic oxidation sites excluding steroid dienone is 1. The van der Waals surface area contributed by atoms with Gasteiger partial charge in [-0.3, -0.25) is 0 Å². The Morgan fingerprint density at radius 2 is 1.58 bits per heavy atom. The molecule has 106 valence electrons. The van der Waals surface area contributed by atoms with Crippen molar-refractivity contribution >= 4 is 5.57 Å². The van der Waals surface area contributed by atoms with E-state index in [4.69, 9.17) is 0 Å². The minimum Gasteiger partial charge on any atom is -0.247 e. The summed E-state index contributed by atoms with van der Waals surface area (Å²) in [6.45, 7) is 2.52. The summed E-state index contributed by atoms with van der Waals surface area (Å²) in [5.74, 6) is 0. The molecule has 0 spiro atoms. The predicted molar refractivity (Wildman–Crippen MR) is 49.3 cm³/mol. The van der Waals surface area contributed by atoms with Gasteiger partial charge in [0, 0.05) is 0 Å². The normalized spacial score (nSPS) is 12.9. The lowest BCUT2D eigenvalue weighted by Gasteiger charge is -2.14. The molecule has 0 fully saturated rings. The van der Waals surface area contributed by atoms with E-state index in [1.807, 2.05) is 0 Å². The molecular weight excluding hydrogens is 286 g/mol. The number of nitrogens with zero attached hydrogens (tertiary/aromatic N) is 1. The van der Waals surface area contributed by atoms with E-state index in [-0.39, 0.29) is 12.1 Å². The molecule has 0 aliphatic rings. The molecule has 1 aromatic rings. The molecule has 0 aromatic carbocycles. The highest BCUT2D eigenvalue weighted by atomic mass is 19.4. The minimum atomic E-state index is -5.06. The second kappa shape index (κ2) is 4.78. The van der Waals surface area contributed by atoms with Crippen molar-refractivity contribution in [3.8, 4) is 0 Å². The summed E-state index contributed by atoms with van der Waals surface area (Å²) in [4.78, 5) is 2.84. The fourth-order valence-electron chi connectivity index (χ4n) is 1.13. The highest BCUT2D eigenvalue weighted by Crippen LogP contribution is 2.36. The quantitative estimate of drug-likeness (QED) is 0.725. The van der Waals surface area contributed by atoms with E-state index in [2.05, 4.69) is 11.6 Å². The van der Waals surface area contributed by atoms with Crippen LogP contribution in [0.15, 0.2) is 18.7 Å². The number of pyridine rings is 1. The van der Waals surface area contributed by atoms with Crippen LogP contribution in [0.4, 0.5) is 35.1 Å². The molecule has 0 saturated heterocycles. The van der Waals surface area contributed by atoms with E-state index in [0.717, 1.165) is 0 Å². The summed E-state index contributed by atoms with van der Waals surface area (Å²) >= 11 is 0. The van der Waals surface area contributed by atoms with Crippen molar-refractivity contribution in [1.29, 1.82) is 0 Å². The zero-order valence-electron chi connectivity index (χ0n) is 8.91. The van der Waals surface area contributed by atoms with Gasteiger partial charge in [-0.15, -0.1) is 0 Å². The van der Waals surface area contributed by atoms with Gasteiger partial charge in [0.1, 0.15) is 5.69 Å². The summed E-state index contributed by atoms with van der Waals surface area (Å²) in [7, 11) is 0. The lowest BCUT2D eigenvalue weighted by atomic mass is 10.1. The summed E-state index contributed by atoms with van der Waals surface area (Å²) in [5, 5.41) is 0. The van der Waals surface area contributed by atoms with Crippen molar-refractivity contribution in [2.75, 3.05) is 0 Å². The molecule has 19 heavy (non-hydrogen) atoms. The van der Waals surface area contributed by atoms with Crippen molar-refractivity contribution < 1.29 is 35.1 Å². The molecule has 1 aromatic heterocycles. The first-order chi connectivity index (χ1) is 8.43. The van der Waals surface area contributed by atoms with Crippen molar-refractivity contribution in [2.24, 2.45) is 0 Å². The lowest BCUT2D eigenvalue weighted by Crippen LogP contribution is -2.14. The third kappa shape index (κ3) is 3.65. The van der Waals surface area contributed by atoms with Crippen LogP contribution in [0.5, 0.6) is 0 Å². The Hall–Kier alpha value is -1.67. The van der Waals surface area contributed by atoms with Gasteiger partial charge < -0.3 is 0 Å². The fraction of sp³-hybridized carbons (Fsp3) is 0.300. The number of hydrogen-bond acceptors (Lipinski definition) is 1. The smallest absolute Gasteiger partial charge is 0.247 e. The van der Waals surface area contributed by atoms with Crippen LogP contribution in [0.2, 0.25) is 0 Å². The van der Waals surface area contributed by atoms with Crippen LogP contribution < -0.4 is 0 Å². The van der Waals surface area contributed by atoms with E-state index < -0.39 is 41.3 Å². The second-order valence-electron chi connectivity index (χ2n) is 3.44. The first-order valence-electron chi connectivity index (χ1n) is 4.56. The van der Waals surface area contributed by atoms with Crippen LogP contribution in [-0.2, 0) is 6.18 Å². The third-order valence-electron chi connectivity index (χ3n) is 2.05. The summed E-state index contributed by atoms with van der Waals surface area (Å²) in [6.07, 6.45) is -13.5. The highest BCUT2D eigenvalue weighted by molar-refractivity contribution is 5.65. The van der Waals surface area contributed by atoms with E-state index in [9.17, 15) is 35.1 Å². The maximum atomic E-state index is 12.4. The minimum absolute atomic E-state index is 0.00216. The SMILES string of the molecule is C=C(c1cc(C(F)(F)F)cc(C(F)F)n1)C(F)(F)F. The van der Waals surface area contributed by atoms with E-state index >= 15 is 0 Å². The standard InChI is InChI=1S/C10H5F8N/c1-4(9(13,14)15)6-2-5(10(16,17)18)3-7(19-6)8(11)12/h2-3,8H,1H2. The molecule has 0 unspecified atom stereocenters. The molecule has 0 N–H and O–H groups in total. The maximum Gasteiger partial charge on any atom is 0.417 e. The Morgan fingerprint density at radius 1 is 1.05 bits per heavy atom.